The van der Waals surface area contributed by atoms with E-state index in [0.717, 1.165) is 20.4 Å². The summed E-state index contributed by atoms with van der Waals surface area (Å²) in [5.41, 5.74) is 2.28. The van der Waals surface area contributed by atoms with Crippen LogP contribution in [0.15, 0.2) is 48.5 Å². The molecule has 0 heterocycles. The topological polar surface area (TPSA) is 29.5 Å². The Bertz CT molecular complexity index is 511. The summed E-state index contributed by atoms with van der Waals surface area (Å²) >= 11 is -2.52. The van der Waals surface area contributed by atoms with Crippen molar-refractivity contribution in [3.8, 4) is 5.75 Å². The van der Waals surface area contributed by atoms with Gasteiger partial charge in [-0.25, -0.2) is 0 Å². The van der Waals surface area contributed by atoms with Crippen LogP contribution in [0.4, 0.5) is 0 Å². The molecule has 2 aromatic carbocycles. The molecule has 0 aliphatic carbocycles. The van der Waals surface area contributed by atoms with Gasteiger partial charge in [-0.1, -0.05) is 0 Å². The van der Waals surface area contributed by atoms with E-state index >= 15 is 0 Å². The SMILES string of the molecule is Cc1cccc(OI(O)c2cccc(C)c2)c1. The van der Waals surface area contributed by atoms with Crippen LogP contribution in [0.5, 0.6) is 5.75 Å². The Morgan fingerprint density at radius 2 is 1.59 bits per heavy atom. The molecule has 0 saturated heterocycles. The second-order valence-electron chi connectivity index (χ2n) is 3.92. The average Bonchev–Trinajstić information content (AvgIpc) is 2.29. The predicted octanol–water partition coefficient (Wildman–Crippen LogP) is 3.88. The third kappa shape index (κ3) is 3.44. The summed E-state index contributed by atoms with van der Waals surface area (Å²) in [7, 11) is 0. The maximum absolute atomic E-state index is 10.1. The zero-order chi connectivity index (χ0) is 12.3. The van der Waals surface area contributed by atoms with Gasteiger partial charge in [0.15, 0.2) is 0 Å². The first-order chi connectivity index (χ1) is 8.15. The molecule has 1 N–H and O–H groups in total. The van der Waals surface area contributed by atoms with Crippen LogP contribution in [0.3, 0.4) is 0 Å². The molecule has 0 atom stereocenters. The van der Waals surface area contributed by atoms with Gasteiger partial charge in [0.1, 0.15) is 0 Å². The van der Waals surface area contributed by atoms with Crippen molar-refractivity contribution in [3.63, 3.8) is 0 Å². The van der Waals surface area contributed by atoms with E-state index < -0.39 is 20.6 Å². The van der Waals surface area contributed by atoms with Crippen LogP contribution in [-0.2, 0) is 0 Å². The fraction of sp³-hybridized carbons (Fsp3) is 0.143. The van der Waals surface area contributed by atoms with Crippen LogP contribution in [0.25, 0.3) is 0 Å². The fourth-order valence-electron chi connectivity index (χ4n) is 1.50. The van der Waals surface area contributed by atoms with Gasteiger partial charge in [0.2, 0.25) is 0 Å². The Kier molecular flexibility index (Phi) is 4.02. The van der Waals surface area contributed by atoms with Crippen molar-refractivity contribution in [2.75, 3.05) is 0 Å². The summed E-state index contributed by atoms with van der Waals surface area (Å²) in [5.74, 6) is 0.749. The Labute approximate surface area is 110 Å². The quantitative estimate of drug-likeness (QED) is 0.858. The summed E-state index contributed by atoms with van der Waals surface area (Å²) in [5, 5.41) is 0. The Hall–Kier alpha value is -1.07. The number of hydrogen-bond acceptors (Lipinski definition) is 2. The first kappa shape index (κ1) is 12.4. The molecule has 3 heteroatoms. The maximum atomic E-state index is 10.1. The van der Waals surface area contributed by atoms with E-state index in [4.69, 9.17) is 3.07 Å². The van der Waals surface area contributed by atoms with E-state index in [0.29, 0.717) is 0 Å². The second kappa shape index (κ2) is 5.51. The standard InChI is InChI=1S/C14H15IO2/c1-11-5-3-7-13(9-11)15(16)17-14-8-4-6-12(2)10-14/h3-10,16H,1-2H3. The van der Waals surface area contributed by atoms with Gasteiger partial charge in [-0.2, -0.15) is 0 Å². The van der Waals surface area contributed by atoms with Crippen molar-refractivity contribution in [1.82, 2.24) is 0 Å². The average molecular weight is 342 g/mol. The van der Waals surface area contributed by atoms with E-state index in [2.05, 4.69) is 0 Å². The molecule has 0 bridgehead atoms. The van der Waals surface area contributed by atoms with Gasteiger partial charge in [0.05, 0.1) is 0 Å². The van der Waals surface area contributed by atoms with Crippen molar-refractivity contribution >= 4 is 20.6 Å². The van der Waals surface area contributed by atoms with Gasteiger partial charge in [-0.3, -0.25) is 0 Å². The molecule has 2 rings (SSSR count). The molecule has 0 unspecified atom stereocenters. The predicted molar refractivity (Wildman–Crippen MR) is 77.9 cm³/mol. The normalized spacial score (nSPS) is 11.1. The molecule has 2 nitrogen and oxygen atoms in total. The summed E-state index contributed by atoms with van der Waals surface area (Å²) in [4.78, 5) is 0. The summed E-state index contributed by atoms with van der Waals surface area (Å²) in [6.45, 7) is 4.02. The van der Waals surface area contributed by atoms with Crippen LogP contribution >= 0.6 is 20.6 Å². The van der Waals surface area contributed by atoms with Crippen LogP contribution in [0.1, 0.15) is 11.1 Å². The van der Waals surface area contributed by atoms with Crippen molar-refractivity contribution < 1.29 is 6.50 Å². The van der Waals surface area contributed by atoms with E-state index in [-0.39, 0.29) is 0 Å². The van der Waals surface area contributed by atoms with Crippen LogP contribution in [-0.4, -0.2) is 3.44 Å². The number of benzene rings is 2. The van der Waals surface area contributed by atoms with Gasteiger partial charge in [-0.15, -0.1) is 0 Å². The molecule has 0 aliphatic rings. The summed E-state index contributed by atoms with van der Waals surface area (Å²) < 4.78 is 16.7. The monoisotopic (exact) mass is 342 g/mol. The first-order valence-corrected chi connectivity index (χ1v) is 8.28. The molecule has 17 heavy (non-hydrogen) atoms. The number of rotatable bonds is 3. The van der Waals surface area contributed by atoms with Crippen LogP contribution in [0, 0.1) is 17.4 Å². The van der Waals surface area contributed by atoms with Crippen molar-refractivity contribution in [1.29, 1.82) is 0 Å². The van der Waals surface area contributed by atoms with Crippen LogP contribution in [0.2, 0.25) is 0 Å². The van der Waals surface area contributed by atoms with Crippen molar-refractivity contribution in [2.24, 2.45) is 0 Å². The van der Waals surface area contributed by atoms with E-state index in [1.165, 1.54) is 0 Å². The summed E-state index contributed by atoms with van der Waals surface area (Å²) in [6.07, 6.45) is 0. The van der Waals surface area contributed by atoms with Gasteiger partial charge >= 0.3 is 110 Å². The molecule has 0 aromatic heterocycles. The van der Waals surface area contributed by atoms with Gasteiger partial charge < -0.3 is 0 Å². The first-order valence-electron chi connectivity index (χ1n) is 5.36. The Morgan fingerprint density at radius 1 is 0.941 bits per heavy atom. The minimum absolute atomic E-state index is 0.749. The van der Waals surface area contributed by atoms with E-state index in [1.54, 1.807) is 0 Å². The zero-order valence-electron chi connectivity index (χ0n) is 9.85. The number of aryl methyl sites for hydroxylation is 2. The van der Waals surface area contributed by atoms with Crippen molar-refractivity contribution in [2.45, 2.75) is 13.8 Å². The third-order valence-electron chi connectivity index (χ3n) is 2.32. The molecule has 0 aliphatic heterocycles. The summed E-state index contributed by atoms with van der Waals surface area (Å²) in [6, 6.07) is 15.6. The van der Waals surface area contributed by atoms with Crippen LogP contribution < -0.4 is 3.07 Å². The number of halogens is 1. The Morgan fingerprint density at radius 3 is 2.24 bits per heavy atom. The van der Waals surface area contributed by atoms with Gasteiger partial charge in [0.25, 0.3) is 0 Å². The molecule has 0 spiro atoms. The molecular formula is C14H15IO2. The minimum atomic E-state index is -2.52. The van der Waals surface area contributed by atoms with E-state index in [1.807, 2.05) is 62.4 Å². The third-order valence-corrected chi connectivity index (χ3v) is 4.98. The second-order valence-corrected chi connectivity index (χ2v) is 6.93. The molecule has 2 aromatic rings. The number of hydrogen-bond donors (Lipinski definition) is 1. The molecule has 0 amide bonds. The van der Waals surface area contributed by atoms with Gasteiger partial charge in [0, 0.05) is 0 Å². The molecule has 0 fully saturated rings. The molecular weight excluding hydrogens is 327 g/mol. The van der Waals surface area contributed by atoms with E-state index in [9.17, 15) is 3.44 Å². The fourth-order valence-corrected chi connectivity index (χ4v) is 3.78. The van der Waals surface area contributed by atoms with Crippen molar-refractivity contribution in [3.05, 3.63) is 63.2 Å². The molecule has 0 radical (unpaired) electrons. The molecule has 0 saturated carbocycles. The van der Waals surface area contributed by atoms with Gasteiger partial charge in [-0.05, 0) is 0 Å². The molecule has 90 valence electrons. The Balaban J connectivity index is 2.14. The zero-order valence-corrected chi connectivity index (χ0v) is 12.0.